The second kappa shape index (κ2) is 6.62. The fraction of sp³-hybridized carbons (Fsp3) is 0.250. The molecular weight excluding hydrogens is 303 g/mol. The fourth-order valence-electron chi connectivity index (χ4n) is 1.98. The van der Waals surface area contributed by atoms with Gasteiger partial charge in [0.2, 0.25) is 5.91 Å². The Morgan fingerprint density at radius 1 is 1.35 bits per heavy atom. The van der Waals surface area contributed by atoms with Crippen LogP contribution in [0.2, 0.25) is 0 Å². The molecule has 3 N–H and O–H groups in total. The van der Waals surface area contributed by atoms with E-state index in [4.69, 9.17) is 4.42 Å². The minimum Gasteiger partial charge on any atom is -0.466 e. The van der Waals surface area contributed by atoms with Gasteiger partial charge in [0, 0.05) is 12.5 Å². The molecule has 7 heteroatoms. The number of halogens is 1. The first kappa shape index (κ1) is 16.7. The Labute approximate surface area is 132 Å². The van der Waals surface area contributed by atoms with Crippen LogP contribution in [0.4, 0.5) is 10.1 Å². The molecule has 2 amide bonds. The van der Waals surface area contributed by atoms with Gasteiger partial charge in [-0.1, -0.05) is 0 Å². The SMILES string of the molecule is CC(=O)Nc1cc(C(=O)NCC(C)(O)c2ccco2)ccc1F. The van der Waals surface area contributed by atoms with E-state index >= 15 is 0 Å². The summed E-state index contributed by atoms with van der Waals surface area (Å²) in [6.07, 6.45) is 1.42. The van der Waals surface area contributed by atoms with E-state index in [9.17, 15) is 19.1 Å². The predicted octanol–water partition coefficient (Wildman–Crippen LogP) is 2.01. The third kappa shape index (κ3) is 4.17. The molecule has 0 fully saturated rings. The van der Waals surface area contributed by atoms with Crippen molar-refractivity contribution in [2.45, 2.75) is 19.4 Å². The summed E-state index contributed by atoms with van der Waals surface area (Å²) in [6.45, 7) is 2.65. The Morgan fingerprint density at radius 2 is 2.09 bits per heavy atom. The zero-order valence-corrected chi connectivity index (χ0v) is 12.7. The van der Waals surface area contributed by atoms with Crippen molar-refractivity contribution in [1.29, 1.82) is 0 Å². The summed E-state index contributed by atoms with van der Waals surface area (Å²) in [7, 11) is 0. The Morgan fingerprint density at radius 3 is 2.70 bits per heavy atom. The highest BCUT2D eigenvalue weighted by atomic mass is 19.1. The van der Waals surface area contributed by atoms with E-state index in [1.165, 1.54) is 32.2 Å². The number of carbonyl (C=O) groups excluding carboxylic acids is 2. The van der Waals surface area contributed by atoms with E-state index in [0.717, 1.165) is 6.07 Å². The van der Waals surface area contributed by atoms with Crippen LogP contribution < -0.4 is 10.6 Å². The van der Waals surface area contributed by atoms with Gasteiger partial charge in [-0.05, 0) is 37.3 Å². The highest BCUT2D eigenvalue weighted by molar-refractivity contribution is 5.96. The van der Waals surface area contributed by atoms with E-state index < -0.39 is 23.2 Å². The molecule has 0 aliphatic carbocycles. The summed E-state index contributed by atoms with van der Waals surface area (Å²) in [4.78, 5) is 23.1. The molecule has 0 radical (unpaired) electrons. The first-order chi connectivity index (χ1) is 10.8. The molecule has 2 aromatic rings. The number of furan rings is 1. The molecular formula is C16H17FN2O4. The summed E-state index contributed by atoms with van der Waals surface area (Å²) in [5.41, 5.74) is -1.30. The molecule has 1 aromatic heterocycles. The number of benzene rings is 1. The van der Waals surface area contributed by atoms with Crippen molar-refractivity contribution in [3.8, 4) is 0 Å². The third-order valence-corrected chi connectivity index (χ3v) is 3.18. The molecule has 122 valence electrons. The monoisotopic (exact) mass is 320 g/mol. The van der Waals surface area contributed by atoms with E-state index in [0.29, 0.717) is 5.76 Å². The lowest BCUT2D eigenvalue weighted by atomic mass is 10.0. The predicted molar refractivity (Wildman–Crippen MR) is 81.3 cm³/mol. The van der Waals surface area contributed by atoms with Gasteiger partial charge >= 0.3 is 0 Å². The number of rotatable bonds is 5. The maximum Gasteiger partial charge on any atom is 0.251 e. The number of hydrogen-bond acceptors (Lipinski definition) is 4. The number of carbonyl (C=O) groups is 2. The molecule has 1 unspecified atom stereocenters. The van der Waals surface area contributed by atoms with Crippen molar-refractivity contribution in [2.24, 2.45) is 0 Å². The van der Waals surface area contributed by atoms with Gasteiger partial charge in [0.05, 0.1) is 18.5 Å². The van der Waals surface area contributed by atoms with Gasteiger partial charge < -0.3 is 20.2 Å². The summed E-state index contributed by atoms with van der Waals surface area (Å²) >= 11 is 0. The van der Waals surface area contributed by atoms with E-state index in [1.54, 1.807) is 12.1 Å². The average molecular weight is 320 g/mol. The van der Waals surface area contributed by atoms with Crippen LogP contribution in [-0.4, -0.2) is 23.5 Å². The molecule has 1 heterocycles. The number of aliphatic hydroxyl groups is 1. The Bertz CT molecular complexity index is 711. The zero-order chi connectivity index (χ0) is 17.0. The van der Waals surface area contributed by atoms with Gasteiger partial charge in [-0.15, -0.1) is 0 Å². The molecule has 0 spiro atoms. The van der Waals surface area contributed by atoms with Crippen LogP contribution >= 0.6 is 0 Å². The number of nitrogens with one attached hydrogen (secondary N) is 2. The maximum absolute atomic E-state index is 13.6. The molecule has 0 bridgehead atoms. The second-order valence-electron chi connectivity index (χ2n) is 5.31. The van der Waals surface area contributed by atoms with Crippen LogP contribution in [-0.2, 0) is 10.4 Å². The Balaban J connectivity index is 2.07. The Kier molecular flexibility index (Phi) is 4.80. The van der Waals surface area contributed by atoms with Crippen LogP contribution in [0.3, 0.4) is 0 Å². The van der Waals surface area contributed by atoms with Gasteiger partial charge in [-0.2, -0.15) is 0 Å². The van der Waals surface area contributed by atoms with Gasteiger partial charge in [0.15, 0.2) is 0 Å². The van der Waals surface area contributed by atoms with Crippen molar-refractivity contribution in [3.05, 3.63) is 53.7 Å². The quantitative estimate of drug-likeness (QED) is 0.786. The van der Waals surface area contributed by atoms with Crippen molar-refractivity contribution >= 4 is 17.5 Å². The van der Waals surface area contributed by atoms with Gasteiger partial charge in [0.1, 0.15) is 17.2 Å². The number of anilines is 1. The van der Waals surface area contributed by atoms with Crippen LogP contribution in [0, 0.1) is 5.82 Å². The van der Waals surface area contributed by atoms with E-state index in [1.807, 2.05) is 0 Å². The first-order valence-electron chi connectivity index (χ1n) is 6.91. The van der Waals surface area contributed by atoms with Crippen LogP contribution in [0.15, 0.2) is 41.0 Å². The number of amides is 2. The smallest absolute Gasteiger partial charge is 0.251 e. The topological polar surface area (TPSA) is 91.6 Å². The fourth-order valence-corrected chi connectivity index (χ4v) is 1.98. The molecule has 0 aliphatic rings. The largest absolute Gasteiger partial charge is 0.466 e. The standard InChI is InChI=1S/C16H17FN2O4/c1-10(20)19-13-8-11(5-6-12(13)17)15(21)18-9-16(2,22)14-4-3-7-23-14/h3-8,22H,9H2,1-2H3,(H,18,21)(H,19,20). The lowest BCUT2D eigenvalue weighted by Gasteiger charge is -2.21. The summed E-state index contributed by atoms with van der Waals surface area (Å²) in [6, 6.07) is 6.83. The van der Waals surface area contributed by atoms with Crippen molar-refractivity contribution < 1.29 is 23.5 Å². The normalized spacial score (nSPS) is 13.2. The highest BCUT2D eigenvalue weighted by Crippen LogP contribution is 2.20. The van der Waals surface area contributed by atoms with Crippen molar-refractivity contribution in [2.75, 3.05) is 11.9 Å². The van der Waals surface area contributed by atoms with Gasteiger partial charge in [0.25, 0.3) is 5.91 Å². The average Bonchev–Trinajstić information content (AvgIpc) is 3.02. The molecule has 1 atom stereocenters. The molecule has 1 aromatic carbocycles. The van der Waals surface area contributed by atoms with Crippen molar-refractivity contribution in [1.82, 2.24) is 5.32 Å². The molecule has 0 aliphatic heterocycles. The number of hydrogen-bond donors (Lipinski definition) is 3. The molecule has 23 heavy (non-hydrogen) atoms. The molecule has 0 saturated carbocycles. The zero-order valence-electron chi connectivity index (χ0n) is 12.7. The van der Waals surface area contributed by atoms with E-state index in [-0.39, 0.29) is 17.8 Å². The van der Waals surface area contributed by atoms with Crippen LogP contribution in [0.25, 0.3) is 0 Å². The second-order valence-corrected chi connectivity index (χ2v) is 5.31. The van der Waals surface area contributed by atoms with E-state index in [2.05, 4.69) is 10.6 Å². The highest BCUT2D eigenvalue weighted by Gasteiger charge is 2.27. The van der Waals surface area contributed by atoms with Gasteiger partial charge in [-0.25, -0.2) is 4.39 Å². The lowest BCUT2D eigenvalue weighted by molar-refractivity contribution is -0.114. The van der Waals surface area contributed by atoms with Gasteiger partial charge in [-0.3, -0.25) is 9.59 Å². The Hall–Kier alpha value is -2.67. The van der Waals surface area contributed by atoms with Crippen LogP contribution in [0.5, 0.6) is 0 Å². The molecule has 0 saturated heterocycles. The molecule has 2 rings (SSSR count). The summed E-state index contributed by atoms with van der Waals surface area (Å²) < 4.78 is 18.7. The summed E-state index contributed by atoms with van der Waals surface area (Å²) in [5.74, 6) is -1.28. The maximum atomic E-state index is 13.6. The third-order valence-electron chi connectivity index (χ3n) is 3.18. The minimum absolute atomic E-state index is 0.0806. The summed E-state index contributed by atoms with van der Waals surface area (Å²) in [5, 5.41) is 15.1. The first-order valence-corrected chi connectivity index (χ1v) is 6.91. The minimum atomic E-state index is -1.38. The van der Waals surface area contributed by atoms with Crippen LogP contribution in [0.1, 0.15) is 30.0 Å². The lowest BCUT2D eigenvalue weighted by Crippen LogP contribution is -2.38. The van der Waals surface area contributed by atoms with Crippen molar-refractivity contribution in [3.63, 3.8) is 0 Å². The molecule has 6 nitrogen and oxygen atoms in total.